The molecule has 0 radical (unpaired) electrons. The fourth-order valence-corrected chi connectivity index (χ4v) is 2.14. The highest BCUT2D eigenvalue weighted by Gasteiger charge is 2.10. The molecule has 1 atom stereocenters. The maximum Gasteiger partial charge on any atom is 0.258 e. The number of hydrogen-bond donors (Lipinski definition) is 2. The number of nitrogens with one attached hydrogen (secondary N) is 1. The Morgan fingerprint density at radius 2 is 1.90 bits per heavy atom. The van der Waals surface area contributed by atoms with E-state index in [4.69, 9.17) is 10.5 Å². The number of carbonyl (C=O) groups is 1. The van der Waals surface area contributed by atoms with E-state index in [2.05, 4.69) is 21.2 Å². The smallest absolute Gasteiger partial charge is 0.258 e. The van der Waals surface area contributed by atoms with E-state index in [-0.39, 0.29) is 18.6 Å². The van der Waals surface area contributed by atoms with Gasteiger partial charge in [0, 0.05) is 4.47 Å². The van der Waals surface area contributed by atoms with Crippen LogP contribution in [0.25, 0.3) is 0 Å². The Hall–Kier alpha value is -2.01. The number of benzene rings is 2. The Bertz CT molecular complexity index is 614. The summed E-state index contributed by atoms with van der Waals surface area (Å²) in [6.07, 6.45) is 0. The van der Waals surface area contributed by atoms with Crippen molar-refractivity contribution >= 4 is 27.5 Å². The Morgan fingerprint density at radius 3 is 2.57 bits per heavy atom. The summed E-state index contributed by atoms with van der Waals surface area (Å²) in [4.78, 5) is 11.9. The lowest BCUT2D eigenvalue weighted by molar-refractivity contribution is -0.123. The summed E-state index contributed by atoms with van der Waals surface area (Å²) in [5, 5.41) is 2.89. The van der Waals surface area contributed by atoms with E-state index < -0.39 is 0 Å². The topological polar surface area (TPSA) is 64.3 Å². The molecule has 0 fully saturated rings. The zero-order valence-electron chi connectivity index (χ0n) is 11.7. The largest absolute Gasteiger partial charge is 0.482 e. The van der Waals surface area contributed by atoms with Gasteiger partial charge in [0.2, 0.25) is 0 Å². The van der Waals surface area contributed by atoms with Gasteiger partial charge in [-0.1, -0.05) is 40.2 Å². The number of carbonyl (C=O) groups excluding carboxylic acids is 1. The number of nitrogen functional groups attached to an aromatic ring is 1. The van der Waals surface area contributed by atoms with Crippen LogP contribution in [0.2, 0.25) is 0 Å². The molecule has 0 heterocycles. The SMILES string of the molecule is C[C@H](NC(=O)COc1ccccc1N)c1ccc(Br)cc1. The van der Waals surface area contributed by atoms with Gasteiger partial charge < -0.3 is 15.8 Å². The monoisotopic (exact) mass is 348 g/mol. The Labute approximate surface area is 132 Å². The summed E-state index contributed by atoms with van der Waals surface area (Å²) >= 11 is 3.38. The van der Waals surface area contributed by atoms with Crippen LogP contribution in [0.15, 0.2) is 53.0 Å². The van der Waals surface area contributed by atoms with E-state index in [1.165, 1.54) is 0 Å². The fourth-order valence-electron chi connectivity index (χ4n) is 1.87. The second-order valence-corrected chi connectivity index (χ2v) is 5.58. The second-order valence-electron chi connectivity index (χ2n) is 4.67. The Balaban J connectivity index is 1.87. The summed E-state index contributed by atoms with van der Waals surface area (Å²) in [5.41, 5.74) is 7.30. The van der Waals surface area contributed by atoms with E-state index >= 15 is 0 Å². The third kappa shape index (κ3) is 4.49. The lowest BCUT2D eigenvalue weighted by atomic mass is 10.1. The van der Waals surface area contributed by atoms with Crippen LogP contribution in [0, 0.1) is 0 Å². The number of anilines is 1. The van der Waals surface area contributed by atoms with Crippen molar-refractivity contribution in [3.05, 3.63) is 58.6 Å². The molecular weight excluding hydrogens is 332 g/mol. The third-order valence-electron chi connectivity index (χ3n) is 3.03. The van der Waals surface area contributed by atoms with Gasteiger partial charge in [-0.3, -0.25) is 4.79 Å². The molecule has 4 nitrogen and oxygen atoms in total. The first-order valence-corrected chi connectivity index (χ1v) is 7.37. The molecule has 0 spiro atoms. The first-order chi connectivity index (χ1) is 10.1. The average molecular weight is 349 g/mol. The van der Waals surface area contributed by atoms with Gasteiger partial charge in [-0.15, -0.1) is 0 Å². The molecule has 0 aliphatic rings. The number of halogens is 1. The third-order valence-corrected chi connectivity index (χ3v) is 3.55. The average Bonchev–Trinajstić information content (AvgIpc) is 2.47. The molecule has 21 heavy (non-hydrogen) atoms. The molecule has 2 rings (SSSR count). The quantitative estimate of drug-likeness (QED) is 0.815. The number of nitrogens with two attached hydrogens (primary N) is 1. The van der Waals surface area contributed by atoms with Gasteiger partial charge in [0.05, 0.1) is 11.7 Å². The van der Waals surface area contributed by atoms with E-state index in [0.717, 1.165) is 10.0 Å². The molecular formula is C16H17BrN2O2. The van der Waals surface area contributed by atoms with Crippen molar-refractivity contribution in [3.8, 4) is 5.75 Å². The molecule has 0 bridgehead atoms. The van der Waals surface area contributed by atoms with Gasteiger partial charge >= 0.3 is 0 Å². The Morgan fingerprint density at radius 1 is 1.24 bits per heavy atom. The van der Waals surface area contributed by atoms with Crippen molar-refractivity contribution in [2.45, 2.75) is 13.0 Å². The number of rotatable bonds is 5. The summed E-state index contributed by atoms with van der Waals surface area (Å²) in [7, 11) is 0. The molecule has 2 aromatic carbocycles. The van der Waals surface area contributed by atoms with Gasteiger partial charge in [-0.25, -0.2) is 0 Å². The minimum Gasteiger partial charge on any atom is -0.482 e. The van der Waals surface area contributed by atoms with Crippen molar-refractivity contribution in [3.63, 3.8) is 0 Å². The predicted octanol–water partition coefficient (Wildman–Crippen LogP) is 3.29. The van der Waals surface area contributed by atoms with Gasteiger partial charge in [0.25, 0.3) is 5.91 Å². The molecule has 0 aliphatic carbocycles. The molecule has 0 aromatic heterocycles. The van der Waals surface area contributed by atoms with Crippen LogP contribution in [0.4, 0.5) is 5.69 Å². The van der Waals surface area contributed by atoms with Crippen molar-refractivity contribution in [1.82, 2.24) is 5.32 Å². The van der Waals surface area contributed by atoms with Crippen LogP contribution in [-0.2, 0) is 4.79 Å². The summed E-state index contributed by atoms with van der Waals surface area (Å²) < 4.78 is 6.42. The van der Waals surface area contributed by atoms with E-state index in [0.29, 0.717) is 11.4 Å². The molecule has 0 unspecified atom stereocenters. The van der Waals surface area contributed by atoms with E-state index in [9.17, 15) is 4.79 Å². The van der Waals surface area contributed by atoms with E-state index in [1.807, 2.05) is 43.3 Å². The van der Waals surface area contributed by atoms with Crippen LogP contribution in [0.3, 0.4) is 0 Å². The van der Waals surface area contributed by atoms with Crippen molar-refractivity contribution in [2.24, 2.45) is 0 Å². The predicted molar refractivity (Wildman–Crippen MR) is 87.0 cm³/mol. The number of amides is 1. The minimum absolute atomic E-state index is 0.0604. The first-order valence-electron chi connectivity index (χ1n) is 6.58. The van der Waals surface area contributed by atoms with Crippen LogP contribution in [0.1, 0.15) is 18.5 Å². The molecule has 0 saturated carbocycles. The fraction of sp³-hybridized carbons (Fsp3) is 0.188. The van der Waals surface area contributed by atoms with Crippen molar-refractivity contribution in [1.29, 1.82) is 0 Å². The molecule has 110 valence electrons. The summed E-state index contributed by atoms with van der Waals surface area (Å²) in [6.45, 7) is 1.87. The van der Waals surface area contributed by atoms with Crippen LogP contribution < -0.4 is 15.8 Å². The highest BCUT2D eigenvalue weighted by Crippen LogP contribution is 2.20. The Kier molecular flexibility index (Phi) is 5.22. The molecule has 0 saturated heterocycles. The summed E-state index contributed by atoms with van der Waals surface area (Å²) in [6, 6.07) is 14.8. The van der Waals surface area contributed by atoms with Crippen molar-refractivity contribution in [2.75, 3.05) is 12.3 Å². The van der Waals surface area contributed by atoms with Crippen LogP contribution in [-0.4, -0.2) is 12.5 Å². The first kappa shape index (κ1) is 15.4. The van der Waals surface area contributed by atoms with Crippen LogP contribution >= 0.6 is 15.9 Å². The zero-order valence-corrected chi connectivity index (χ0v) is 13.3. The molecule has 0 aliphatic heterocycles. The highest BCUT2D eigenvalue weighted by molar-refractivity contribution is 9.10. The molecule has 3 N–H and O–H groups in total. The lowest BCUT2D eigenvalue weighted by Crippen LogP contribution is -2.31. The van der Waals surface area contributed by atoms with Crippen molar-refractivity contribution < 1.29 is 9.53 Å². The standard InChI is InChI=1S/C16H17BrN2O2/c1-11(12-6-8-13(17)9-7-12)19-16(20)10-21-15-5-3-2-4-14(15)18/h2-9,11H,10,18H2,1H3,(H,19,20)/t11-/m0/s1. The summed E-state index contributed by atoms with van der Waals surface area (Å²) in [5.74, 6) is 0.331. The van der Waals surface area contributed by atoms with Gasteiger partial charge in [0.1, 0.15) is 5.75 Å². The maximum absolute atomic E-state index is 11.9. The number of ether oxygens (including phenoxy) is 1. The normalized spacial score (nSPS) is 11.7. The highest BCUT2D eigenvalue weighted by atomic mass is 79.9. The van der Waals surface area contributed by atoms with Gasteiger partial charge in [-0.05, 0) is 36.8 Å². The van der Waals surface area contributed by atoms with E-state index in [1.54, 1.807) is 12.1 Å². The van der Waals surface area contributed by atoms with Gasteiger partial charge in [0.15, 0.2) is 6.61 Å². The second kappa shape index (κ2) is 7.13. The maximum atomic E-state index is 11.9. The van der Waals surface area contributed by atoms with Gasteiger partial charge in [-0.2, -0.15) is 0 Å². The number of para-hydroxylation sites is 2. The lowest BCUT2D eigenvalue weighted by Gasteiger charge is -2.15. The zero-order chi connectivity index (χ0) is 15.2. The molecule has 2 aromatic rings. The molecule has 5 heteroatoms. The number of hydrogen-bond acceptors (Lipinski definition) is 3. The van der Waals surface area contributed by atoms with Crippen LogP contribution in [0.5, 0.6) is 5.75 Å². The molecule has 1 amide bonds. The minimum atomic E-state index is -0.186.